The molecular formula is C8H19Cl2O5P. The first kappa shape index (κ1) is 19.0. The van der Waals surface area contributed by atoms with Gasteiger partial charge in [-0.3, -0.25) is 4.57 Å². The minimum atomic E-state index is -3.34. The lowest BCUT2D eigenvalue weighted by Crippen LogP contribution is -1.99. The average molecular weight is 297 g/mol. The second-order valence-corrected chi connectivity index (χ2v) is 6.64. The molecule has 0 aromatic carbocycles. The van der Waals surface area contributed by atoms with Gasteiger partial charge in [0.25, 0.3) is 0 Å². The molecule has 0 aromatic heterocycles. The molecule has 0 spiro atoms. The highest BCUT2D eigenvalue weighted by atomic mass is 35.9. The van der Waals surface area contributed by atoms with Crippen LogP contribution in [0.1, 0.15) is 13.8 Å². The van der Waals surface area contributed by atoms with E-state index < -0.39 is 6.07 Å². The highest BCUT2D eigenvalue weighted by Crippen LogP contribution is 2.57. The summed E-state index contributed by atoms with van der Waals surface area (Å²) < 4.78 is 24.5. The zero-order valence-electron chi connectivity index (χ0n) is 9.53. The summed E-state index contributed by atoms with van der Waals surface area (Å²) in [6.07, 6.45) is -3.34. The maximum absolute atomic E-state index is 10.4. The van der Waals surface area contributed by atoms with E-state index in [2.05, 4.69) is 4.52 Å². The van der Waals surface area contributed by atoms with Gasteiger partial charge in [0.05, 0.1) is 26.4 Å². The van der Waals surface area contributed by atoms with Crippen molar-refractivity contribution in [3.8, 4) is 0 Å². The number of ether oxygens (including phenoxy) is 2. The summed E-state index contributed by atoms with van der Waals surface area (Å²) in [5, 5.41) is 8.07. The third kappa shape index (κ3) is 24.1. The molecule has 0 aliphatic heterocycles. The Kier molecular flexibility index (Phi) is 16.3. The maximum Gasteiger partial charge on any atom is 0.380 e. The molecule has 0 aliphatic carbocycles. The molecule has 5 nitrogen and oxygen atoms in total. The first-order valence-electron chi connectivity index (χ1n) is 4.88. The number of halogens is 2. The number of hydrogen-bond donors (Lipinski definition) is 1. The second kappa shape index (κ2) is 13.7. The van der Waals surface area contributed by atoms with E-state index in [1.165, 1.54) is 0 Å². The van der Waals surface area contributed by atoms with Crippen LogP contribution in [0.25, 0.3) is 0 Å². The fourth-order valence-electron chi connectivity index (χ4n) is 0.556. The molecular weight excluding hydrogens is 278 g/mol. The van der Waals surface area contributed by atoms with Crippen molar-refractivity contribution >= 4 is 28.6 Å². The van der Waals surface area contributed by atoms with E-state index in [1.807, 2.05) is 13.8 Å². The lowest BCUT2D eigenvalue weighted by atomic mass is 10.8. The molecule has 0 amide bonds. The monoisotopic (exact) mass is 296 g/mol. The molecule has 16 heavy (non-hydrogen) atoms. The molecule has 0 unspecified atom stereocenters. The zero-order valence-corrected chi connectivity index (χ0v) is 11.9. The first-order valence-corrected chi connectivity index (χ1v) is 8.31. The van der Waals surface area contributed by atoms with Gasteiger partial charge in [-0.25, -0.2) is 0 Å². The Morgan fingerprint density at radius 3 is 1.88 bits per heavy atom. The van der Waals surface area contributed by atoms with Crippen LogP contribution < -0.4 is 0 Å². The van der Waals surface area contributed by atoms with Crippen LogP contribution in [0.4, 0.5) is 0 Å². The highest BCUT2D eigenvalue weighted by molar-refractivity contribution is 8.05. The summed E-state index contributed by atoms with van der Waals surface area (Å²) in [7, 11) is 0. The molecule has 0 aromatic rings. The van der Waals surface area contributed by atoms with Gasteiger partial charge >= 0.3 is 6.07 Å². The van der Waals surface area contributed by atoms with Gasteiger partial charge in [0.1, 0.15) is 0 Å². The quantitative estimate of drug-likeness (QED) is 0.551. The summed E-state index contributed by atoms with van der Waals surface area (Å²) in [6, 6.07) is 0. The number of rotatable bonds is 8. The van der Waals surface area contributed by atoms with Gasteiger partial charge in [-0.2, -0.15) is 0 Å². The van der Waals surface area contributed by atoms with Gasteiger partial charge in [-0.15, -0.1) is 0 Å². The second-order valence-electron chi connectivity index (χ2n) is 2.37. The maximum atomic E-state index is 10.4. The molecule has 0 atom stereocenters. The number of aliphatic hydroxyl groups is 1. The smallest absolute Gasteiger partial charge is 0.380 e. The van der Waals surface area contributed by atoms with Crippen LogP contribution in [0.3, 0.4) is 0 Å². The molecule has 0 heterocycles. The molecule has 100 valence electrons. The summed E-state index contributed by atoms with van der Waals surface area (Å²) in [4.78, 5) is 0. The van der Waals surface area contributed by atoms with Crippen LogP contribution >= 0.6 is 28.6 Å². The molecule has 0 saturated carbocycles. The van der Waals surface area contributed by atoms with Crippen LogP contribution in [0.2, 0.25) is 0 Å². The van der Waals surface area contributed by atoms with Crippen molar-refractivity contribution in [2.75, 3.05) is 39.6 Å². The van der Waals surface area contributed by atoms with E-state index in [-0.39, 0.29) is 13.2 Å². The summed E-state index contributed by atoms with van der Waals surface area (Å²) in [5.74, 6) is 0. The van der Waals surface area contributed by atoms with Crippen molar-refractivity contribution in [3.05, 3.63) is 0 Å². The molecule has 0 rings (SSSR count). The highest BCUT2D eigenvalue weighted by Gasteiger charge is 2.12. The zero-order chi connectivity index (χ0) is 12.9. The summed E-state index contributed by atoms with van der Waals surface area (Å²) in [6.45, 7) is 6.16. The van der Waals surface area contributed by atoms with Gasteiger partial charge in [0, 0.05) is 13.2 Å². The Balaban J connectivity index is 0. The Bertz CT molecular complexity index is 172. The minimum absolute atomic E-state index is 0.133. The van der Waals surface area contributed by atoms with E-state index in [1.54, 1.807) is 0 Å². The van der Waals surface area contributed by atoms with E-state index in [0.717, 1.165) is 0 Å². The van der Waals surface area contributed by atoms with E-state index in [4.69, 9.17) is 37.1 Å². The number of aliphatic hydroxyl groups excluding tert-OH is 1. The molecule has 0 fully saturated rings. The molecule has 0 aliphatic rings. The molecule has 0 bridgehead atoms. The van der Waals surface area contributed by atoms with Gasteiger partial charge < -0.3 is 19.1 Å². The normalized spacial score (nSPS) is 10.8. The molecule has 0 radical (unpaired) electrons. The lowest BCUT2D eigenvalue weighted by molar-refractivity contribution is 0.102. The Hall–Kier alpha value is 0.650. The molecule has 1 N–H and O–H groups in total. The lowest BCUT2D eigenvalue weighted by Gasteiger charge is -2.02. The van der Waals surface area contributed by atoms with Crippen molar-refractivity contribution in [3.63, 3.8) is 0 Å². The number of hydrogen-bond acceptors (Lipinski definition) is 5. The minimum Gasteiger partial charge on any atom is -0.394 e. The predicted octanol–water partition coefficient (Wildman–Crippen LogP) is 2.64. The van der Waals surface area contributed by atoms with E-state index >= 15 is 0 Å². The molecule has 0 saturated heterocycles. The van der Waals surface area contributed by atoms with Crippen LogP contribution in [-0.4, -0.2) is 44.7 Å². The van der Waals surface area contributed by atoms with Crippen molar-refractivity contribution in [2.24, 2.45) is 0 Å². The van der Waals surface area contributed by atoms with Crippen molar-refractivity contribution in [2.45, 2.75) is 13.8 Å². The third-order valence-corrected chi connectivity index (χ3v) is 2.18. The van der Waals surface area contributed by atoms with Gasteiger partial charge in [0.2, 0.25) is 0 Å². The van der Waals surface area contributed by atoms with Crippen LogP contribution in [0.15, 0.2) is 0 Å². The van der Waals surface area contributed by atoms with Crippen LogP contribution in [-0.2, 0) is 18.6 Å². The average Bonchev–Trinajstić information content (AvgIpc) is 2.21. The van der Waals surface area contributed by atoms with E-state index in [0.29, 0.717) is 26.4 Å². The summed E-state index contributed by atoms with van der Waals surface area (Å²) in [5.41, 5.74) is 0. The fraction of sp³-hybridized carbons (Fsp3) is 1.00. The standard InChI is InChI=1S/C4H9Cl2O3P.C4H10O2/c1-2-8-3-4-9-10(5,6)7;1-2-6-4-3-5/h2-4H2,1H3;5H,2-4H2,1H3. The van der Waals surface area contributed by atoms with Gasteiger partial charge in [0.15, 0.2) is 0 Å². The van der Waals surface area contributed by atoms with Crippen molar-refractivity contribution in [1.29, 1.82) is 0 Å². The van der Waals surface area contributed by atoms with E-state index in [9.17, 15) is 4.57 Å². The fourth-order valence-corrected chi connectivity index (χ4v) is 1.26. The topological polar surface area (TPSA) is 65.0 Å². The Morgan fingerprint density at radius 2 is 1.56 bits per heavy atom. The van der Waals surface area contributed by atoms with Crippen LogP contribution in [0, 0.1) is 0 Å². The van der Waals surface area contributed by atoms with Gasteiger partial charge in [-0.1, -0.05) is 0 Å². The molecule has 8 heteroatoms. The third-order valence-electron chi connectivity index (χ3n) is 1.11. The predicted molar refractivity (Wildman–Crippen MR) is 65.3 cm³/mol. The SMILES string of the molecule is CCOCCO.CCOCCOP(=O)(Cl)Cl. The summed E-state index contributed by atoms with van der Waals surface area (Å²) >= 11 is 10.1. The Morgan fingerprint density at radius 1 is 1.06 bits per heavy atom. The van der Waals surface area contributed by atoms with Crippen molar-refractivity contribution < 1.29 is 23.7 Å². The first-order chi connectivity index (χ1) is 7.47. The van der Waals surface area contributed by atoms with Gasteiger partial charge in [-0.05, 0) is 36.3 Å². The van der Waals surface area contributed by atoms with Crippen LogP contribution in [0.5, 0.6) is 0 Å². The van der Waals surface area contributed by atoms with Crippen molar-refractivity contribution in [1.82, 2.24) is 0 Å². The Labute approximate surface area is 106 Å². The largest absolute Gasteiger partial charge is 0.394 e.